The second kappa shape index (κ2) is 7.53. The summed E-state index contributed by atoms with van der Waals surface area (Å²) in [5.41, 5.74) is 2.09. The first-order valence-electron chi connectivity index (χ1n) is 7.04. The Bertz CT molecular complexity index is 512. The Balaban J connectivity index is 2.02. The summed E-state index contributed by atoms with van der Waals surface area (Å²) in [6, 6.07) is 10.1. The molecule has 3 nitrogen and oxygen atoms in total. The number of aromatic nitrogens is 1. The van der Waals surface area contributed by atoms with Crippen molar-refractivity contribution in [3.63, 3.8) is 0 Å². The molecule has 4 heteroatoms. The number of hydrogen-bond donors (Lipinski definition) is 1. The molecule has 0 fully saturated rings. The number of nitrogens with zero attached hydrogens (tertiary/aromatic N) is 1. The lowest BCUT2D eigenvalue weighted by atomic mass is 10.1. The summed E-state index contributed by atoms with van der Waals surface area (Å²) in [5.74, 6) is 0. The molecule has 0 aliphatic carbocycles. The minimum atomic E-state index is -0.491. The maximum Gasteiger partial charge on any atom is 0.0959 e. The summed E-state index contributed by atoms with van der Waals surface area (Å²) in [7, 11) is 0. The predicted molar refractivity (Wildman–Crippen MR) is 83.0 cm³/mol. The smallest absolute Gasteiger partial charge is 0.0959 e. The zero-order chi connectivity index (χ0) is 14.4. The molecular weight excluding hydrogens is 270 g/mol. The zero-order valence-electron chi connectivity index (χ0n) is 12.0. The van der Waals surface area contributed by atoms with E-state index in [4.69, 9.17) is 4.74 Å². The molecule has 0 bridgehead atoms. The van der Waals surface area contributed by atoms with Gasteiger partial charge in [0.2, 0.25) is 0 Å². The van der Waals surface area contributed by atoms with Crippen LogP contribution < -0.4 is 0 Å². The monoisotopic (exact) mass is 291 g/mol. The molecule has 0 amide bonds. The van der Waals surface area contributed by atoms with Gasteiger partial charge in [-0.25, -0.2) is 4.98 Å². The first-order chi connectivity index (χ1) is 9.74. The molecule has 0 aliphatic rings. The Morgan fingerprint density at radius 1 is 1.25 bits per heavy atom. The van der Waals surface area contributed by atoms with Gasteiger partial charge in [-0.2, -0.15) is 0 Å². The third-order valence-electron chi connectivity index (χ3n) is 3.22. The van der Waals surface area contributed by atoms with E-state index in [-0.39, 0.29) is 6.10 Å². The first kappa shape index (κ1) is 15.2. The SMILES string of the molecule is CCOC(CC)C(O)Cc1nc(-c2ccccc2)cs1. The highest BCUT2D eigenvalue weighted by molar-refractivity contribution is 7.09. The molecule has 2 aromatic rings. The van der Waals surface area contributed by atoms with E-state index < -0.39 is 6.10 Å². The van der Waals surface area contributed by atoms with Gasteiger partial charge >= 0.3 is 0 Å². The molecule has 0 spiro atoms. The van der Waals surface area contributed by atoms with Crippen molar-refractivity contribution in [3.8, 4) is 11.3 Å². The normalized spacial score (nSPS) is 14.2. The lowest BCUT2D eigenvalue weighted by Crippen LogP contribution is -2.30. The Kier molecular flexibility index (Phi) is 5.71. The van der Waals surface area contributed by atoms with Crippen LogP contribution in [-0.2, 0) is 11.2 Å². The van der Waals surface area contributed by atoms with E-state index in [0.717, 1.165) is 22.7 Å². The molecule has 0 saturated carbocycles. The lowest BCUT2D eigenvalue weighted by molar-refractivity contribution is -0.0334. The minimum absolute atomic E-state index is 0.107. The van der Waals surface area contributed by atoms with E-state index in [0.29, 0.717) is 13.0 Å². The minimum Gasteiger partial charge on any atom is -0.390 e. The van der Waals surface area contributed by atoms with Crippen molar-refractivity contribution in [2.45, 2.75) is 38.9 Å². The van der Waals surface area contributed by atoms with Crippen LogP contribution >= 0.6 is 11.3 Å². The Labute approximate surface area is 124 Å². The number of thiazole rings is 1. The third-order valence-corrected chi connectivity index (χ3v) is 4.09. The van der Waals surface area contributed by atoms with E-state index in [1.165, 1.54) is 0 Å². The summed E-state index contributed by atoms with van der Waals surface area (Å²) in [6.07, 6.45) is 0.765. The van der Waals surface area contributed by atoms with E-state index in [2.05, 4.69) is 4.98 Å². The van der Waals surface area contributed by atoms with Gasteiger partial charge in [-0.3, -0.25) is 0 Å². The molecule has 2 atom stereocenters. The van der Waals surface area contributed by atoms with Crippen molar-refractivity contribution in [2.75, 3.05) is 6.61 Å². The fourth-order valence-electron chi connectivity index (χ4n) is 2.17. The summed E-state index contributed by atoms with van der Waals surface area (Å²) in [4.78, 5) is 4.60. The van der Waals surface area contributed by atoms with Gasteiger partial charge in [-0.1, -0.05) is 37.3 Å². The average molecular weight is 291 g/mol. The molecule has 108 valence electrons. The molecule has 0 aliphatic heterocycles. The fraction of sp³-hybridized carbons (Fsp3) is 0.438. The van der Waals surface area contributed by atoms with Crippen LogP contribution in [0.2, 0.25) is 0 Å². The van der Waals surface area contributed by atoms with Crippen LogP contribution in [0.5, 0.6) is 0 Å². The van der Waals surface area contributed by atoms with Crippen molar-refractivity contribution in [3.05, 3.63) is 40.7 Å². The zero-order valence-corrected chi connectivity index (χ0v) is 12.8. The maximum atomic E-state index is 10.2. The van der Waals surface area contributed by atoms with Crippen molar-refractivity contribution in [2.24, 2.45) is 0 Å². The highest BCUT2D eigenvalue weighted by atomic mass is 32.1. The number of aliphatic hydroxyl groups is 1. The first-order valence-corrected chi connectivity index (χ1v) is 7.92. The van der Waals surface area contributed by atoms with Crippen LogP contribution in [0.25, 0.3) is 11.3 Å². The summed E-state index contributed by atoms with van der Waals surface area (Å²) < 4.78 is 5.54. The van der Waals surface area contributed by atoms with E-state index in [9.17, 15) is 5.11 Å². The topological polar surface area (TPSA) is 42.4 Å². The second-order valence-electron chi connectivity index (χ2n) is 4.67. The predicted octanol–water partition coefficient (Wildman–Crippen LogP) is 3.53. The summed E-state index contributed by atoms with van der Waals surface area (Å²) in [6.45, 7) is 4.61. The summed E-state index contributed by atoms with van der Waals surface area (Å²) in [5, 5.41) is 13.2. The molecule has 1 N–H and O–H groups in total. The second-order valence-corrected chi connectivity index (χ2v) is 5.61. The van der Waals surface area contributed by atoms with Crippen molar-refractivity contribution in [1.29, 1.82) is 0 Å². The molecule has 20 heavy (non-hydrogen) atoms. The molecule has 0 saturated heterocycles. The molecule has 0 radical (unpaired) electrons. The van der Waals surface area contributed by atoms with Crippen LogP contribution in [0.3, 0.4) is 0 Å². The highest BCUT2D eigenvalue weighted by Gasteiger charge is 2.19. The summed E-state index contributed by atoms with van der Waals surface area (Å²) >= 11 is 1.59. The van der Waals surface area contributed by atoms with Gasteiger partial charge in [0.15, 0.2) is 0 Å². The Morgan fingerprint density at radius 2 is 2.00 bits per heavy atom. The number of hydrogen-bond acceptors (Lipinski definition) is 4. The average Bonchev–Trinajstić information content (AvgIpc) is 2.94. The Morgan fingerprint density at radius 3 is 2.65 bits per heavy atom. The van der Waals surface area contributed by atoms with Crippen molar-refractivity contribution >= 4 is 11.3 Å². The lowest BCUT2D eigenvalue weighted by Gasteiger charge is -2.20. The number of rotatable bonds is 7. The van der Waals surface area contributed by atoms with Gasteiger partial charge in [0.25, 0.3) is 0 Å². The van der Waals surface area contributed by atoms with E-state index in [1.54, 1.807) is 11.3 Å². The molecule has 1 aromatic carbocycles. The van der Waals surface area contributed by atoms with Crippen LogP contribution in [0.4, 0.5) is 0 Å². The fourth-order valence-corrected chi connectivity index (χ4v) is 3.03. The van der Waals surface area contributed by atoms with Gasteiger partial charge in [0, 0.05) is 24.0 Å². The van der Waals surface area contributed by atoms with Crippen molar-refractivity contribution in [1.82, 2.24) is 4.98 Å². The number of ether oxygens (including phenoxy) is 1. The molecular formula is C16H21NO2S. The quantitative estimate of drug-likeness (QED) is 0.848. The van der Waals surface area contributed by atoms with Crippen molar-refractivity contribution < 1.29 is 9.84 Å². The van der Waals surface area contributed by atoms with E-state index >= 15 is 0 Å². The van der Waals surface area contributed by atoms with Gasteiger partial charge in [-0.05, 0) is 13.3 Å². The van der Waals surface area contributed by atoms with Crippen LogP contribution in [0, 0.1) is 0 Å². The van der Waals surface area contributed by atoms with Crippen LogP contribution in [0.15, 0.2) is 35.7 Å². The number of benzene rings is 1. The van der Waals surface area contributed by atoms with Gasteiger partial charge in [-0.15, -0.1) is 11.3 Å². The molecule has 2 unspecified atom stereocenters. The van der Waals surface area contributed by atoms with E-state index in [1.807, 2.05) is 49.6 Å². The van der Waals surface area contributed by atoms with Crippen LogP contribution in [0.1, 0.15) is 25.3 Å². The standard InChI is InChI=1S/C16H21NO2S/c1-3-15(19-4-2)14(18)10-16-17-13(11-20-16)12-8-6-5-7-9-12/h5-9,11,14-15,18H,3-4,10H2,1-2H3. The Hall–Kier alpha value is -1.23. The van der Waals surface area contributed by atoms with Gasteiger partial charge < -0.3 is 9.84 Å². The maximum absolute atomic E-state index is 10.2. The molecule has 1 heterocycles. The molecule has 2 rings (SSSR count). The highest BCUT2D eigenvalue weighted by Crippen LogP contribution is 2.23. The van der Waals surface area contributed by atoms with Gasteiger partial charge in [0.05, 0.1) is 22.9 Å². The third kappa shape index (κ3) is 3.88. The largest absolute Gasteiger partial charge is 0.390 e. The number of aliphatic hydroxyl groups excluding tert-OH is 1. The van der Waals surface area contributed by atoms with Gasteiger partial charge in [0.1, 0.15) is 0 Å². The van der Waals surface area contributed by atoms with Crippen LogP contribution in [-0.4, -0.2) is 28.9 Å². The molecule has 1 aromatic heterocycles.